The standard InChI is InChI=1S/C20H25Cl2N3O2/c21-16-6-5-13(11-17(16)22)24-7-9-25(10-8-24)20(27)15-12-19(26)23-18-4-2-1-3-14(15)18/h5-6,11,14-15,18H,1-4,7-10,12H2,(H,23,26). The van der Waals surface area contributed by atoms with Gasteiger partial charge in [0.15, 0.2) is 0 Å². The van der Waals surface area contributed by atoms with Crippen molar-refractivity contribution in [2.75, 3.05) is 31.1 Å². The summed E-state index contributed by atoms with van der Waals surface area (Å²) in [5.41, 5.74) is 1.03. The van der Waals surface area contributed by atoms with E-state index in [1.165, 1.54) is 0 Å². The summed E-state index contributed by atoms with van der Waals surface area (Å²) in [5, 5.41) is 4.20. The first-order valence-corrected chi connectivity index (χ1v) is 10.6. The number of nitrogens with zero attached hydrogens (tertiary/aromatic N) is 2. The number of hydrogen-bond acceptors (Lipinski definition) is 3. The predicted molar refractivity (Wildman–Crippen MR) is 107 cm³/mol. The lowest BCUT2D eigenvalue weighted by Crippen LogP contribution is -2.57. The second kappa shape index (κ2) is 7.88. The monoisotopic (exact) mass is 409 g/mol. The Balaban J connectivity index is 1.40. The van der Waals surface area contributed by atoms with E-state index < -0.39 is 0 Å². The number of carbonyl (C=O) groups is 2. The van der Waals surface area contributed by atoms with Crippen LogP contribution in [0.15, 0.2) is 18.2 Å². The van der Waals surface area contributed by atoms with Gasteiger partial charge in [-0.1, -0.05) is 36.0 Å². The first-order valence-electron chi connectivity index (χ1n) is 9.81. The average molecular weight is 410 g/mol. The zero-order valence-electron chi connectivity index (χ0n) is 15.3. The summed E-state index contributed by atoms with van der Waals surface area (Å²) in [6, 6.07) is 5.83. The molecular formula is C20H25Cl2N3O2. The largest absolute Gasteiger partial charge is 0.368 e. The zero-order valence-corrected chi connectivity index (χ0v) is 16.8. The van der Waals surface area contributed by atoms with Gasteiger partial charge in [-0.2, -0.15) is 0 Å². The molecule has 4 rings (SSSR count). The molecule has 5 nitrogen and oxygen atoms in total. The van der Waals surface area contributed by atoms with Gasteiger partial charge in [-0.3, -0.25) is 9.59 Å². The van der Waals surface area contributed by atoms with Crippen LogP contribution in [-0.4, -0.2) is 48.9 Å². The molecule has 2 heterocycles. The fraction of sp³-hybridized carbons (Fsp3) is 0.600. The summed E-state index contributed by atoms with van der Waals surface area (Å²) in [4.78, 5) is 29.5. The van der Waals surface area contributed by atoms with Crippen LogP contribution in [0, 0.1) is 11.8 Å². The first kappa shape index (κ1) is 18.9. The van der Waals surface area contributed by atoms with Gasteiger partial charge in [0.1, 0.15) is 0 Å². The molecular weight excluding hydrogens is 385 g/mol. The van der Waals surface area contributed by atoms with E-state index >= 15 is 0 Å². The molecule has 1 aromatic rings. The Labute approximate surface area is 170 Å². The van der Waals surface area contributed by atoms with Crippen molar-refractivity contribution in [3.8, 4) is 0 Å². The van der Waals surface area contributed by atoms with Crippen LogP contribution in [0.1, 0.15) is 32.1 Å². The van der Waals surface area contributed by atoms with E-state index in [1.54, 1.807) is 6.07 Å². The number of hydrogen-bond donors (Lipinski definition) is 1. The highest BCUT2D eigenvalue weighted by Crippen LogP contribution is 2.36. The number of fused-ring (bicyclic) bond motifs is 1. The van der Waals surface area contributed by atoms with E-state index in [0.717, 1.165) is 44.5 Å². The molecule has 1 N–H and O–H groups in total. The SMILES string of the molecule is O=C1CC(C(=O)N2CCN(c3ccc(Cl)c(Cl)c3)CC2)C2CCCCC2N1. The minimum absolute atomic E-state index is 0.0333. The summed E-state index contributed by atoms with van der Waals surface area (Å²) >= 11 is 12.1. The number of nitrogens with one attached hydrogen (secondary N) is 1. The number of amides is 2. The molecule has 2 amide bonds. The van der Waals surface area contributed by atoms with Crippen LogP contribution >= 0.6 is 23.2 Å². The molecule has 2 saturated heterocycles. The maximum atomic E-state index is 13.2. The molecule has 1 aromatic carbocycles. The number of piperazine rings is 1. The van der Waals surface area contributed by atoms with Crippen molar-refractivity contribution >= 4 is 40.7 Å². The lowest BCUT2D eigenvalue weighted by molar-refractivity contribution is -0.145. The van der Waals surface area contributed by atoms with Crippen LogP contribution < -0.4 is 10.2 Å². The van der Waals surface area contributed by atoms with Crippen molar-refractivity contribution in [1.29, 1.82) is 0 Å². The number of rotatable bonds is 2. The maximum Gasteiger partial charge on any atom is 0.226 e. The normalized spacial score (nSPS) is 28.5. The average Bonchev–Trinajstić information content (AvgIpc) is 2.69. The Morgan fingerprint density at radius 1 is 1.04 bits per heavy atom. The van der Waals surface area contributed by atoms with Crippen molar-refractivity contribution in [3.63, 3.8) is 0 Å². The van der Waals surface area contributed by atoms with E-state index in [0.29, 0.717) is 35.5 Å². The van der Waals surface area contributed by atoms with Crippen molar-refractivity contribution in [2.45, 2.75) is 38.1 Å². The molecule has 3 fully saturated rings. The van der Waals surface area contributed by atoms with E-state index in [2.05, 4.69) is 10.2 Å². The fourth-order valence-corrected chi connectivity index (χ4v) is 5.10. The molecule has 0 radical (unpaired) electrons. The highest BCUT2D eigenvalue weighted by molar-refractivity contribution is 6.42. The number of benzene rings is 1. The lowest BCUT2D eigenvalue weighted by Gasteiger charge is -2.44. The van der Waals surface area contributed by atoms with Crippen LogP contribution in [0.3, 0.4) is 0 Å². The van der Waals surface area contributed by atoms with Gasteiger partial charge in [-0.25, -0.2) is 0 Å². The minimum atomic E-state index is -0.152. The molecule has 146 valence electrons. The molecule has 2 aliphatic heterocycles. The number of piperidine rings is 1. The predicted octanol–water partition coefficient (Wildman–Crippen LogP) is 3.34. The van der Waals surface area contributed by atoms with Gasteiger partial charge in [-0.15, -0.1) is 0 Å². The fourth-order valence-electron chi connectivity index (χ4n) is 4.81. The molecule has 3 atom stereocenters. The second-order valence-corrected chi connectivity index (χ2v) is 8.66. The van der Waals surface area contributed by atoms with Crippen LogP contribution in [0.25, 0.3) is 0 Å². The summed E-state index contributed by atoms with van der Waals surface area (Å²) in [7, 11) is 0. The van der Waals surface area contributed by atoms with Gasteiger partial charge in [-0.05, 0) is 37.0 Å². The topological polar surface area (TPSA) is 52.7 Å². The van der Waals surface area contributed by atoms with E-state index in [9.17, 15) is 9.59 Å². The van der Waals surface area contributed by atoms with Crippen molar-refractivity contribution in [3.05, 3.63) is 28.2 Å². The third kappa shape index (κ3) is 3.90. The van der Waals surface area contributed by atoms with Crippen molar-refractivity contribution in [1.82, 2.24) is 10.2 Å². The van der Waals surface area contributed by atoms with Gasteiger partial charge in [0.25, 0.3) is 0 Å². The second-order valence-electron chi connectivity index (χ2n) is 7.84. The highest BCUT2D eigenvalue weighted by atomic mass is 35.5. The quantitative estimate of drug-likeness (QED) is 0.814. The zero-order chi connectivity index (χ0) is 19.0. The minimum Gasteiger partial charge on any atom is -0.368 e. The summed E-state index contributed by atoms with van der Waals surface area (Å²) < 4.78 is 0. The smallest absolute Gasteiger partial charge is 0.226 e. The molecule has 3 aliphatic rings. The Bertz CT molecular complexity index is 734. The first-order chi connectivity index (χ1) is 13.0. The highest BCUT2D eigenvalue weighted by Gasteiger charge is 2.43. The number of halogens is 2. The van der Waals surface area contributed by atoms with Crippen molar-refractivity contribution < 1.29 is 9.59 Å². The molecule has 1 aliphatic carbocycles. The summed E-state index contributed by atoms with van der Waals surface area (Å²) in [6.45, 7) is 2.87. The Kier molecular flexibility index (Phi) is 5.51. The summed E-state index contributed by atoms with van der Waals surface area (Å²) in [6.07, 6.45) is 4.69. The molecule has 0 bridgehead atoms. The van der Waals surface area contributed by atoms with Crippen LogP contribution in [0.4, 0.5) is 5.69 Å². The number of carbonyl (C=O) groups excluding carboxylic acids is 2. The molecule has 1 saturated carbocycles. The van der Waals surface area contributed by atoms with E-state index in [-0.39, 0.29) is 23.8 Å². The van der Waals surface area contributed by atoms with Crippen molar-refractivity contribution in [2.24, 2.45) is 11.8 Å². The Morgan fingerprint density at radius 2 is 1.78 bits per heavy atom. The summed E-state index contributed by atoms with van der Waals surface area (Å²) in [5.74, 6) is 0.346. The molecule has 7 heteroatoms. The molecule has 0 aromatic heterocycles. The van der Waals surface area contributed by atoms with Gasteiger partial charge in [0.2, 0.25) is 11.8 Å². The molecule has 27 heavy (non-hydrogen) atoms. The van der Waals surface area contributed by atoms with Crippen LogP contribution in [-0.2, 0) is 9.59 Å². The lowest BCUT2D eigenvalue weighted by atomic mass is 9.72. The van der Waals surface area contributed by atoms with Crippen LogP contribution in [0.5, 0.6) is 0 Å². The van der Waals surface area contributed by atoms with E-state index in [1.807, 2.05) is 17.0 Å². The van der Waals surface area contributed by atoms with Gasteiger partial charge >= 0.3 is 0 Å². The third-order valence-electron chi connectivity index (χ3n) is 6.26. The Morgan fingerprint density at radius 3 is 2.52 bits per heavy atom. The third-order valence-corrected chi connectivity index (χ3v) is 7.00. The van der Waals surface area contributed by atoms with Gasteiger partial charge in [0, 0.05) is 44.3 Å². The number of anilines is 1. The van der Waals surface area contributed by atoms with Gasteiger partial charge < -0.3 is 15.1 Å². The Hall–Kier alpha value is -1.46. The van der Waals surface area contributed by atoms with Gasteiger partial charge in [0.05, 0.1) is 16.0 Å². The maximum absolute atomic E-state index is 13.2. The molecule has 3 unspecified atom stereocenters. The van der Waals surface area contributed by atoms with Crippen LogP contribution in [0.2, 0.25) is 10.0 Å². The van der Waals surface area contributed by atoms with E-state index in [4.69, 9.17) is 23.2 Å². The molecule has 0 spiro atoms.